The van der Waals surface area contributed by atoms with Crippen molar-refractivity contribution in [3.63, 3.8) is 0 Å². The normalized spacial score (nSPS) is 24.1. The molecule has 0 spiro atoms. The van der Waals surface area contributed by atoms with Gasteiger partial charge in [-0.15, -0.1) is 11.3 Å². The molecule has 1 aromatic heterocycles. The number of ketones is 1. The summed E-state index contributed by atoms with van der Waals surface area (Å²) in [7, 11) is 1.74. The van der Waals surface area contributed by atoms with Gasteiger partial charge in [0.25, 0.3) is 0 Å². The van der Waals surface area contributed by atoms with Crippen molar-refractivity contribution in [2.45, 2.75) is 37.9 Å². The van der Waals surface area contributed by atoms with Crippen LogP contribution in [0.2, 0.25) is 0 Å². The second kappa shape index (κ2) is 6.80. The first-order valence-electron chi connectivity index (χ1n) is 6.11. The molecule has 1 aromatic rings. The average Bonchev–Trinajstić information content (AvgIpc) is 2.82. The van der Waals surface area contributed by atoms with Crippen LogP contribution in [0.1, 0.15) is 35.4 Å². The number of ether oxygens (including phenoxy) is 2. The van der Waals surface area contributed by atoms with Crippen LogP contribution in [-0.4, -0.2) is 31.7 Å². The summed E-state index contributed by atoms with van der Waals surface area (Å²) < 4.78 is 11.9. The van der Waals surface area contributed by atoms with Crippen molar-refractivity contribution < 1.29 is 14.3 Å². The van der Waals surface area contributed by atoms with Gasteiger partial charge in [0.2, 0.25) is 0 Å². The van der Waals surface area contributed by atoms with Crippen LogP contribution >= 0.6 is 27.3 Å². The van der Waals surface area contributed by atoms with Gasteiger partial charge in [-0.2, -0.15) is 0 Å². The molecule has 1 saturated carbocycles. The van der Waals surface area contributed by atoms with E-state index in [9.17, 15) is 4.79 Å². The van der Waals surface area contributed by atoms with Gasteiger partial charge in [-0.05, 0) is 53.1 Å². The number of halogens is 1. The molecule has 18 heavy (non-hydrogen) atoms. The predicted octanol–water partition coefficient (Wildman–Crippen LogP) is 3.67. The van der Waals surface area contributed by atoms with Crippen LogP contribution in [0.3, 0.4) is 0 Å². The zero-order valence-corrected chi connectivity index (χ0v) is 12.8. The first-order valence-corrected chi connectivity index (χ1v) is 7.78. The van der Waals surface area contributed by atoms with E-state index in [-0.39, 0.29) is 24.6 Å². The van der Waals surface area contributed by atoms with Gasteiger partial charge in [0, 0.05) is 11.6 Å². The third-order valence-electron chi connectivity index (χ3n) is 3.23. The minimum absolute atomic E-state index is 0.0522. The van der Waals surface area contributed by atoms with E-state index in [1.165, 1.54) is 11.3 Å². The van der Waals surface area contributed by atoms with Crippen molar-refractivity contribution in [1.82, 2.24) is 0 Å². The van der Waals surface area contributed by atoms with Gasteiger partial charge in [0.05, 0.1) is 17.1 Å². The first-order chi connectivity index (χ1) is 8.70. The van der Waals surface area contributed by atoms with E-state index in [0.29, 0.717) is 0 Å². The van der Waals surface area contributed by atoms with Crippen molar-refractivity contribution in [1.29, 1.82) is 0 Å². The van der Waals surface area contributed by atoms with Crippen LogP contribution in [0, 0.1) is 0 Å². The second-order valence-corrected chi connectivity index (χ2v) is 6.25. The fourth-order valence-corrected chi connectivity index (χ4v) is 3.74. The van der Waals surface area contributed by atoms with E-state index in [1.54, 1.807) is 7.11 Å². The molecule has 3 nitrogen and oxygen atoms in total. The molecule has 2 unspecified atom stereocenters. The van der Waals surface area contributed by atoms with Gasteiger partial charge in [0.1, 0.15) is 6.61 Å². The van der Waals surface area contributed by atoms with Crippen LogP contribution < -0.4 is 0 Å². The topological polar surface area (TPSA) is 35.5 Å². The van der Waals surface area contributed by atoms with E-state index >= 15 is 0 Å². The number of thiophene rings is 1. The molecule has 0 amide bonds. The number of rotatable bonds is 5. The van der Waals surface area contributed by atoms with Crippen LogP contribution in [0.5, 0.6) is 0 Å². The van der Waals surface area contributed by atoms with Gasteiger partial charge in [-0.1, -0.05) is 0 Å². The van der Waals surface area contributed by atoms with Crippen molar-refractivity contribution in [2.75, 3.05) is 13.7 Å². The van der Waals surface area contributed by atoms with E-state index in [4.69, 9.17) is 9.47 Å². The van der Waals surface area contributed by atoms with Gasteiger partial charge >= 0.3 is 0 Å². The Morgan fingerprint density at radius 2 is 2.28 bits per heavy atom. The average molecular weight is 333 g/mol. The summed E-state index contributed by atoms with van der Waals surface area (Å²) in [4.78, 5) is 12.7. The summed E-state index contributed by atoms with van der Waals surface area (Å²) in [6.07, 6.45) is 4.58. The van der Waals surface area contributed by atoms with Gasteiger partial charge in [-0.3, -0.25) is 4.79 Å². The van der Waals surface area contributed by atoms with E-state index < -0.39 is 0 Å². The highest BCUT2D eigenvalue weighted by molar-refractivity contribution is 9.10. The number of hydrogen-bond donors (Lipinski definition) is 0. The maximum absolute atomic E-state index is 11.9. The van der Waals surface area contributed by atoms with Crippen LogP contribution in [0.25, 0.3) is 0 Å². The second-order valence-electron chi connectivity index (χ2n) is 4.48. The fraction of sp³-hybridized carbons (Fsp3) is 0.615. The first kappa shape index (κ1) is 14.2. The lowest BCUT2D eigenvalue weighted by molar-refractivity contribution is -0.0242. The van der Waals surface area contributed by atoms with Gasteiger partial charge < -0.3 is 9.47 Å². The Balaban J connectivity index is 1.81. The highest BCUT2D eigenvalue weighted by Gasteiger charge is 2.23. The molecule has 5 heteroatoms. The lowest BCUT2D eigenvalue weighted by Crippen LogP contribution is -2.29. The lowest BCUT2D eigenvalue weighted by atomic mass is 9.95. The monoisotopic (exact) mass is 332 g/mol. The standard InChI is InChI=1S/C13H17BrO3S/c1-16-9-3-2-4-10(7-9)17-8-12(15)13-11(14)5-6-18-13/h5-6,9-10H,2-4,7-8H2,1H3. The molecule has 0 radical (unpaired) electrons. The minimum Gasteiger partial charge on any atom is -0.381 e. The van der Waals surface area contributed by atoms with Crippen molar-refractivity contribution >= 4 is 33.0 Å². The largest absolute Gasteiger partial charge is 0.381 e. The number of methoxy groups -OCH3 is 1. The summed E-state index contributed by atoms with van der Waals surface area (Å²) >= 11 is 4.82. The molecule has 1 aliphatic carbocycles. The molecule has 0 aromatic carbocycles. The third-order valence-corrected chi connectivity index (χ3v) is 5.11. The zero-order chi connectivity index (χ0) is 13.0. The quantitative estimate of drug-likeness (QED) is 0.772. The van der Waals surface area contributed by atoms with E-state index in [2.05, 4.69) is 15.9 Å². The van der Waals surface area contributed by atoms with Crippen LogP contribution in [0.4, 0.5) is 0 Å². The van der Waals surface area contributed by atoms with Gasteiger partial charge in [-0.25, -0.2) is 0 Å². The van der Waals surface area contributed by atoms with Crippen molar-refractivity contribution in [3.8, 4) is 0 Å². The summed E-state index contributed by atoms with van der Waals surface area (Å²) in [5.74, 6) is 0.0522. The Bertz CT molecular complexity index is 405. The summed E-state index contributed by atoms with van der Waals surface area (Å²) in [6.45, 7) is 0.167. The lowest BCUT2D eigenvalue weighted by Gasteiger charge is -2.27. The minimum atomic E-state index is 0.0522. The van der Waals surface area contributed by atoms with E-state index in [0.717, 1.165) is 35.0 Å². The molecule has 1 fully saturated rings. The highest BCUT2D eigenvalue weighted by Crippen LogP contribution is 2.25. The Labute approximate surface area is 120 Å². The molecule has 0 bridgehead atoms. The van der Waals surface area contributed by atoms with Gasteiger partial charge in [0.15, 0.2) is 5.78 Å². The molecule has 2 rings (SSSR count). The van der Waals surface area contributed by atoms with E-state index in [1.807, 2.05) is 11.4 Å². The van der Waals surface area contributed by atoms with Crippen LogP contribution in [-0.2, 0) is 9.47 Å². The highest BCUT2D eigenvalue weighted by atomic mass is 79.9. The number of hydrogen-bond acceptors (Lipinski definition) is 4. The summed E-state index contributed by atoms with van der Waals surface area (Å²) in [5, 5.41) is 1.90. The Morgan fingerprint density at radius 3 is 2.94 bits per heavy atom. The number of carbonyl (C=O) groups excluding carboxylic acids is 1. The maximum atomic E-state index is 11.9. The smallest absolute Gasteiger partial charge is 0.199 e. The maximum Gasteiger partial charge on any atom is 0.199 e. The molecule has 2 atom stereocenters. The Hall–Kier alpha value is -0.230. The molecule has 0 N–H and O–H groups in total. The zero-order valence-electron chi connectivity index (χ0n) is 10.4. The molecule has 1 heterocycles. The fourth-order valence-electron chi connectivity index (χ4n) is 2.22. The number of carbonyl (C=O) groups is 1. The van der Waals surface area contributed by atoms with Crippen molar-refractivity contribution in [2.24, 2.45) is 0 Å². The van der Waals surface area contributed by atoms with Crippen molar-refractivity contribution in [3.05, 3.63) is 20.8 Å². The third kappa shape index (κ3) is 3.63. The molecular formula is C13H17BrO3S. The Kier molecular flexibility index (Phi) is 5.36. The SMILES string of the molecule is COC1CCCC(OCC(=O)c2sccc2Br)C1. The van der Waals surface area contributed by atoms with Crippen LogP contribution in [0.15, 0.2) is 15.9 Å². The molecule has 0 aliphatic heterocycles. The molecule has 0 saturated heterocycles. The number of Topliss-reactive ketones (excluding diaryl/α,β-unsaturated/α-hetero) is 1. The summed E-state index contributed by atoms with van der Waals surface area (Å²) in [6, 6.07) is 1.89. The molecular weight excluding hydrogens is 316 g/mol. The summed E-state index contributed by atoms with van der Waals surface area (Å²) in [5.41, 5.74) is 0. The Morgan fingerprint density at radius 1 is 1.50 bits per heavy atom. The molecule has 100 valence electrons. The molecule has 1 aliphatic rings. The predicted molar refractivity (Wildman–Crippen MR) is 75.4 cm³/mol.